The molecule has 32 heavy (non-hydrogen) atoms. The zero-order valence-electron chi connectivity index (χ0n) is 17.4. The molecule has 0 aliphatic carbocycles. The predicted octanol–water partition coefficient (Wildman–Crippen LogP) is 5.81. The lowest BCUT2D eigenvalue weighted by atomic mass is 10.1. The van der Waals surface area contributed by atoms with Crippen LogP contribution in [0.4, 0.5) is 5.69 Å². The van der Waals surface area contributed by atoms with E-state index < -0.39 is 5.91 Å². The molecule has 0 bridgehead atoms. The second-order valence-corrected chi connectivity index (χ2v) is 7.19. The molecule has 156 valence electrons. The molecule has 0 radical (unpaired) electrons. The second-order valence-electron chi connectivity index (χ2n) is 7.19. The van der Waals surface area contributed by atoms with Gasteiger partial charge in [0, 0.05) is 11.3 Å². The van der Waals surface area contributed by atoms with Crippen LogP contribution in [0.1, 0.15) is 15.9 Å². The largest absolute Gasteiger partial charge is 0.321 e. The number of hydrogen-bond donors (Lipinski definition) is 2. The van der Waals surface area contributed by atoms with Gasteiger partial charge in [-0.25, -0.2) is 0 Å². The van der Waals surface area contributed by atoms with Crippen LogP contribution in [0.25, 0.3) is 16.8 Å². The summed E-state index contributed by atoms with van der Waals surface area (Å²) < 4.78 is 0. The Balaban J connectivity index is 1.57. The van der Waals surface area contributed by atoms with Gasteiger partial charge in [-0.3, -0.25) is 9.59 Å². The molecule has 0 aliphatic heterocycles. The first-order valence-electron chi connectivity index (χ1n) is 10.3. The van der Waals surface area contributed by atoms with Gasteiger partial charge in [-0.05, 0) is 46.7 Å². The van der Waals surface area contributed by atoms with Crippen molar-refractivity contribution in [3.05, 3.63) is 132 Å². The molecule has 0 saturated carbocycles. The van der Waals surface area contributed by atoms with Crippen LogP contribution in [0.5, 0.6) is 0 Å². The summed E-state index contributed by atoms with van der Waals surface area (Å²) in [6.07, 6.45) is 5.22. The lowest BCUT2D eigenvalue weighted by Crippen LogP contribution is -2.30. The molecule has 2 N–H and O–H groups in total. The monoisotopic (exact) mass is 418 g/mol. The summed E-state index contributed by atoms with van der Waals surface area (Å²) in [5.74, 6) is -0.749. The lowest BCUT2D eigenvalue weighted by Gasteiger charge is -2.11. The molecule has 0 saturated heterocycles. The van der Waals surface area contributed by atoms with Crippen molar-refractivity contribution in [1.29, 1.82) is 0 Å². The third kappa shape index (κ3) is 5.37. The van der Waals surface area contributed by atoms with E-state index in [4.69, 9.17) is 0 Å². The molecule has 0 heterocycles. The molecule has 2 amide bonds. The summed E-state index contributed by atoms with van der Waals surface area (Å²) >= 11 is 0. The van der Waals surface area contributed by atoms with Gasteiger partial charge in [-0.15, -0.1) is 0 Å². The molecular weight excluding hydrogens is 396 g/mol. The van der Waals surface area contributed by atoms with Gasteiger partial charge in [0.05, 0.1) is 0 Å². The quantitative estimate of drug-likeness (QED) is 0.307. The maximum atomic E-state index is 13.0. The highest BCUT2D eigenvalue weighted by atomic mass is 16.2. The van der Waals surface area contributed by atoms with E-state index in [1.54, 1.807) is 36.4 Å². The molecule has 4 rings (SSSR count). The zero-order chi connectivity index (χ0) is 22.2. The third-order valence-corrected chi connectivity index (χ3v) is 4.89. The van der Waals surface area contributed by atoms with Crippen molar-refractivity contribution in [2.24, 2.45) is 0 Å². The van der Waals surface area contributed by atoms with Crippen LogP contribution in [0, 0.1) is 0 Å². The smallest absolute Gasteiger partial charge is 0.272 e. The standard InChI is InChI=1S/C28H22N2O2/c31-27(23-14-5-2-6-15-23)30-26(17-9-12-21-10-3-1-4-11-21)28(32)29-25-19-18-22-13-7-8-16-24(22)20-25/h1-20H,(H,29,32)(H,30,31)/b12-9+,26-17-. The minimum Gasteiger partial charge on any atom is -0.321 e. The fraction of sp³-hybridized carbons (Fsp3) is 0. The average molecular weight is 418 g/mol. The topological polar surface area (TPSA) is 58.2 Å². The molecule has 0 atom stereocenters. The van der Waals surface area contributed by atoms with E-state index >= 15 is 0 Å². The number of rotatable bonds is 6. The number of carbonyl (C=O) groups excluding carboxylic acids is 2. The van der Waals surface area contributed by atoms with Crippen LogP contribution in [0.2, 0.25) is 0 Å². The van der Waals surface area contributed by atoms with Crippen LogP contribution < -0.4 is 10.6 Å². The minimum atomic E-state index is -0.401. The van der Waals surface area contributed by atoms with E-state index in [9.17, 15) is 9.59 Å². The number of anilines is 1. The Kier molecular flexibility index (Phi) is 6.54. The van der Waals surface area contributed by atoms with Gasteiger partial charge in [0.25, 0.3) is 11.8 Å². The first kappa shape index (κ1) is 20.8. The first-order valence-corrected chi connectivity index (χ1v) is 10.3. The Morgan fingerprint density at radius 1 is 0.688 bits per heavy atom. The average Bonchev–Trinajstić information content (AvgIpc) is 2.84. The zero-order valence-corrected chi connectivity index (χ0v) is 17.4. The minimum absolute atomic E-state index is 0.152. The van der Waals surface area contributed by atoms with Crippen molar-refractivity contribution in [3.8, 4) is 0 Å². The number of hydrogen-bond acceptors (Lipinski definition) is 2. The van der Waals surface area contributed by atoms with Gasteiger partial charge in [-0.1, -0.05) is 91.0 Å². The number of benzene rings is 4. The van der Waals surface area contributed by atoms with Gasteiger partial charge >= 0.3 is 0 Å². The molecule has 0 spiro atoms. The van der Waals surface area contributed by atoms with Crippen molar-refractivity contribution in [2.75, 3.05) is 5.32 Å². The summed E-state index contributed by atoms with van der Waals surface area (Å²) in [5, 5.41) is 7.73. The number of fused-ring (bicyclic) bond motifs is 1. The van der Waals surface area contributed by atoms with Crippen LogP contribution >= 0.6 is 0 Å². The van der Waals surface area contributed by atoms with E-state index in [0.717, 1.165) is 16.3 Å². The van der Waals surface area contributed by atoms with Crippen LogP contribution in [0.3, 0.4) is 0 Å². The summed E-state index contributed by atoms with van der Waals surface area (Å²) in [6, 6.07) is 32.2. The SMILES string of the molecule is O=C(Nc1ccc2ccccc2c1)/C(=C/C=C/c1ccccc1)NC(=O)c1ccccc1. The molecule has 0 fully saturated rings. The Morgan fingerprint density at radius 3 is 2.09 bits per heavy atom. The highest BCUT2D eigenvalue weighted by Gasteiger charge is 2.14. The summed E-state index contributed by atoms with van der Waals surface area (Å²) in [6.45, 7) is 0. The summed E-state index contributed by atoms with van der Waals surface area (Å²) in [5.41, 5.74) is 2.27. The van der Waals surface area contributed by atoms with Gasteiger partial charge in [0.15, 0.2) is 0 Å². The van der Waals surface area contributed by atoms with Crippen molar-refractivity contribution in [3.63, 3.8) is 0 Å². The molecular formula is C28H22N2O2. The number of nitrogens with one attached hydrogen (secondary N) is 2. The van der Waals surface area contributed by atoms with Crippen molar-refractivity contribution >= 4 is 34.4 Å². The predicted molar refractivity (Wildman–Crippen MR) is 130 cm³/mol. The fourth-order valence-corrected chi connectivity index (χ4v) is 3.24. The molecule has 0 aromatic heterocycles. The van der Waals surface area contributed by atoms with Gasteiger partial charge < -0.3 is 10.6 Å². The maximum absolute atomic E-state index is 13.0. The van der Waals surface area contributed by atoms with Gasteiger partial charge in [0.1, 0.15) is 5.70 Å². The third-order valence-electron chi connectivity index (χ3n) is 4.89. The van der Waals surface area contributed by atoms with Gasteiger partial charge in [-0.2, -0.15) is 0 Å². The molecule has 4 nitrogen and oxygen atoms in total. The Morgan fingerprint density at radius 2 is 1.34 bits per heavy atom. The van der Waals surface area contributed by atoms with Crippen molar-refractivity contribution < 1.29 is 9.59 Å². The molecule has 0 aliphatic rings. The van der Waals surface area contributed by atoms with E-state index in [-0.39, 0.29) is 11.6 Å². The van der Waals surface area contributed by atoms with E-state index in [1.807, 2.05) is 84.9 Å². The summed E-state index contributed by atoms with van der Waals surface area (Å²) in [7, 11) is 0. The fourth-order valence-electron chi connectivity index (χ4n) is 3.24. The van der Waals surface area contributed by atoms with Crippen LogP contribution in [0.15, 0.2) is 121 Å². The van der Waals surface area contributed by atoms with Gasteiger partial charge in [0.2, 0.25) is 0 Å². The van der Waals surface area contributed by atoms with Crippen LogP contribution in [-0.4, -0.2) is 11.8 Å². The number of allylic oxidation sites excluding steroid dienone is 2. The van der Waals surface area contributed by atoms with Crippen molar-refractivity contribution in [2.45, 2.75) is 0 Å². The first-order chi connectivity index (χ1) is 15.7. The molecule has 4 aromatic carbocycles. The summed E-state index contributed by atoms with van der Waals surface area (Å²) in [4.78, 5) is 25.7. The maximum Gasteiger partial charge on any atom is 0.272 e. The second kappa shape index (κ2) is 10.0. The molecule has 4 aromatic rings. The molecule has 4 heteroatoms. The highest BCUT2D eigenvalue weighted by molar-refractivity contribution is 6.09. The highest BCUT2D eigenvalue weighted by Crippen LogP contribution is 2.19. The number of amides is 2. The Hall–Kier alpha value is -4.44. The van der Waals surface area contributed by atoms with Crippen molar-refractivity contribution in [1.82, 2.24) is 5.32 Å². The normalized spacial score (nSPS) is 11.4. The van der Waals surface area contributed by atoms with E-state index in [0.29, 0.717) is 11.3 Å². The Bertz CT molecular complexity index is 1290. The van der Waals surface area contributed by atoms with E-state index in [1.165, 1.54) is 0 Å². The lowest BCUT2D eigenvalue weighted by molar-refractivity contribution is -0.113. The Labute approximate surface area is 186 Å². The van der Waals surface area contributed by atoms with E-state index in [2.05, 4.69) is 10.6 Å². The number of carbonyl (C=O) groups is 2. The van der Waals surface area contributed by atoms with Crippen LogP contribution in [-0.2, 0) is 4.79 Å². The molecule has 0 unspecified atom stereocenters.